The summed E-state index contributed by atoms with van der Waals surface area (Å²) in [6.45, 7) is 6.44. The minimum atomic E-state index is -0.394. The Morgan fingerprint density at radius 1 is 0.727 bits per heavy atom. The molecule has 5 amide bonds. The Balaban J connectivity index is 1.11. The predicted octanol–water partition coefficient (Wildman–Crippen LogP) is 4.97. The number of nitrogens with one attached hydrogen (secondary N) is 1. The van der Waals surface area contributed by atoms with Gasteiger partial charge in [-0.25, -0.2) is 0 Å². The zero-order valence-electron chi connectivity index (χ0n) is 25.9. The Hall–Kier alpha value is -3.85. The number of hydrogen-bond acceptors (Lipinski definition) is 6. The van der Waals surface area contributed by atoms with Gasteiger partial charge in [0, 0.05) is 29.7 Å². The van der Waals surface area contributed by atoms with Gasteiger partial charge >= 0.3 is 0 Å². The molecule has 0 unspecified atom stereocenters. The summed E-state index contributed by atoms with van der Waals surface area (Å²) in [5, 5.41) is 3.04. The van der Waals surface area contributed by atoms with E-state index in [-0.39, 0.29) is 58.8 Å². The molecule has 3 N–H and O–H groups in total. The first-order chi connectivity index (χ1) is 21.1. The molecule has 0 aromatic heterocycles. The largest absolute Gasteiger partial charge is 0.349 e. The lowest BCUT2D eigenvalue weighted by Crippen LogP contribution is -2.47. The van der Waals surface area contributed by atoms with Gasteiger partial charge in [-0.15, -0.1) is 0 Å². The van der Waals surface area contributed by atoms with Gasteiger partial charge < -0.3 is 11.1 Å². The van der Waals surface area contributed by atoms with Crippen LogP contribution in [0.15, 0.2) is 36.4 Å². The molecule has 0 bridgehead atoms. The van der Waals surface area contributed by atoms with Gasteiger partial charge in [-0.2, -0.15) is 0 Å². The molecule has 2 aromatic carbocycles. The quantitative estimate of drug-likeness (QED) is 0.433. The Kier molecular flexibility index (Phi) is 7.94. The second kappa shape index (κ2) is 11.6. The molecule has 2 aliphatic carbocycles. The molecule has 2 fully saturated rings. The lowest BCUT2D eigenvalue weighted by molar-refractivity contribution is 0.0424. The number of rotatable bonds is 7. The molecule has 232 valence electrons. The summed E-state index contributed by atoms with van der Waals surface area (Å²) in [5.41, 5.74) is 8.81. The van der Waals surface area contributed by atoms with E-state index in [2.05, 4.69) is 26.1 Å². The summed E-state index contributed by atoms with van der Waals surface area (Å²) >= 11 is 0. The van der Waals surface area contributed by atoms with Crippen LogP contribution in [0.25, 0.3) is 0 Å². The third-order valence-electron chi connectivity index (χ3n) is 10.9. The third kappa shape index (κ3) is 5.05. The van der Waals surface area contributed by atoms with Gasteiger partial charge in [-0.1, -0.05) is 26.8 Å². The van der Waals surface area contributed by atoms with Crippen LogP contribution in [-0.4, -0.2) is 63.5 Å². The fourth-order valence-corrected chi connectivity index (χ4v) is 7.46. The van der Waals surface area contributed by atoms with Gasteiger partial charge in [0.2, 0.25) is 0 Å². The minimum absolute atomic E-state index is 0.0525. The summed E-state index contributed by atoms with van der Waals surface area (Å²) in [4.78, 5) is 69.4. The van der Waals surface area contributed by atoms with E-state index in [1.807, 2.05) is 12.1 Å². The molecule has 2 aliphatic heterocycles. The average Bonchev–Trinajstić information content (AvgIpc) is 3.44. The number of amides is 5. The number of nitrogens with two attached hydrogens (primary N) is 1. The molecule has 2 aromatic rings. The fourth-order valence-electron chi connectivity index (χ4n) is 7.46. The maximum atomic E-state index is 13.5. The monoisotopic (exact) mass is 598 g/mol. The van der Waals surface area contributed by atoms with Gasteiger partial charge in [0.05, 0.1) is 22.3 Å². The van der Waals surface area contributed by atoms with E-state index in [0.29, 0.717) is 47.9 Å². The highest BCUT2D eigenvalue weighted by Gasteiger charge is 2.45. The van der Waals surface area contributed by atoms with Crippen molar-refractivity contribution in [2.24, 2.45) is 5.73 Å². The molecule has 0 spiro atoms. The van der Waals surface area contributed by atoms with Crippen molar-refractivity contribution in [3.05, 3.63) is 69.8 Å². The highest BCUT2D eigenvalue weighted by molar-refractivity contribution is 6.23. The van der Waals surface area contributed by atoms with Crippen LogP contribution >= 0.6 is 0 Å². The maximum absolute atomic E-state index is 13.5. The lowest BCUT2D eigenvalue weighted by Gasteiger charge is -2.36. The molecule has 0 radical (unpaired) electrons. The highest BCUT2D eigenvalue weighted by atomic mass is 16.2. The van der Waals surface area contributed by atoms with E-state index >= 15 is 0 Å². The zero-order valence-corrected chi connectivity index (χ0v) is 25.9. The van der Waals surface area contributed by atoms with Crippen molar-refractivity contribution in [1.82, 2.24) is 15.1 Å². The first-order valence-electron chi connectivity index (χ1n) is 16.2. The van der Waals surface area contributed by atoms with Crippen LogP contribution in [0.5, 0.6) is 0 Å². The molecule has 9 nitrogen and oxygen atoms in total. The van der Waals surface area contributed by atoms with Crippen molar-refractivity contribution in [3.63, 3.8) is 0 Å². The van der Waals surface area contributed by atoms with Crippen LogP contribution in [0.1, 0.15) is 142 Å². The van der Waals surface area contributed by atoms with Crippen molar-refractivity contribution in [3.8, 4) is 0 Å². The van der Waals surface area contributed by atoms with Crippen LogP contribution < -0.4 is 11.1 Å². The Morgan fingerprint density at radius 3 is 1.73 bits per heavy atom. The molecule has 2 heterocycles. The summed E-state index contributed by atoms with van der Waals surface area (Å²) in [6.07, 6.45) is 7.25. The third-order valence-corrected chi connectivity index (χ3v) is 10.9. The molecular weight excluding hydrogens is 556 g/mol. The lowest BCUT2D eigenvalue weighted by atomic mass is 9.77. The van der Waals surface area contributed by atoms with E-state index in [0.717, 1.165) is 44.1 Å². The normalized spacial score (nSPS) is 25.4. The number of benzene rings is 2. The second-order valence-electron chi connectivity index (χ2n) is 13.3. The van der Waals surface area contributed by atoms with Crippen LogP contribution in [0.4, 0.5) is 0 Å². The number of carbonyl (C=O) groups is 5. The molecule has 0 atom stereocenters. The van der Waals surface area contributed by atoms with Crippen molar-refractivity contribution >= 4 is 29.5 Å². The van der Waals surface area contributed by atoms with Crippen LogP contribution in [0, 0.1) is 0 Å². The fraction of sp³-hybridized carbons (Fsp3) is 0.514. The topological polar surface area (TPSA) is 130 Å². The van der Waals surface area contributed by atoms with Crippen molar-refractivity contribution in [1.29, 1.82) is 0 Å². The molecule has 4 aliphatic rings. The number of carbonyl (C=O) groups excluding carboxylic acids is 5. The molecular formula is C35H42N4O5. The van der Waals surface area contributed by atoms with Crippen LogP contribution in [0.2, 0.25) is 0 Å². The second-order valence-corrected chi connectivity index (χ2v) is 13.3. The number of hydrogen-bond donors (Lipinski definition) is 2. The smallest absolute Gasteiger partial charge is 0.261 e. The Bertz CT molecular complexity index is 1530. The molecule has 9 heteroatoms. The Labute approximate surface area is 258 Å². The first-order valence-corrected chi connectivity index (χ1v) is 16.2. The average molecular weight is 599 g/mol. The summed E-state index contributed by atoms with van der Waals surface area (Å²) in [5.74, 6) is -1.53. The van der Waals surface area contributed by atoms with Gasteiger partial charge in [-0.3, -0.25) is 33.8 Å². The molecule has 0 saturated heterocycles. The number of fused-ring (bicyclic) bond motifs is 2. The minimum Gasteiger partial charge on any atom is -0.349 e. The van der Waals surface area contributed by atoms with Gasteiger partial charge in [0.15, 0.2) is 0 Å². The van der Waals surface area contributed by atoms with Crippen molar-refractivity contribution in [2.75, 3.05) is 0 Å². The van der Waals surface area contributed by atoms with Gasteiger partial charge in [0.25, 0.3) is 29.5 Å². The van der Waals surface area contributed by atoms with Crippen LogP contribution in [0.3, 0.4) is 0 Å². The maximum Gasteiger partial charge on any atom is 0.261 e. The van der Waals surface area contributed by atoms with E-state index in [4.69, 9.17) is 5.73 Å². The van der Waals surface area contributed by atoms with Crippen LogP contribution in [-0.2, 0) is 5.41 Å². The van der Waals surface area contributed by atoms with Crippen molar-refractivity contribution < 1.29 is 24.0 Å². The summed E-state index contributed by atoms with van der Waals surface area (Å²) in [7, 11) is 0. The summed E-state index contributed by atoms with van der Waals surface area (Å²) < 4.78 is 0. The standard InChI is InChI=1S/C35H42N4O5/c1-4-35(3,5-2)21-7-17-27-29(19-21)34(44)39(32(27)42)25-14-12-24(13-15-25)38-31(41)26-16-6-20(18-28(26)33(38)43)30(40)37-23-10-8-22(36)9-11-23/h6-7,16-19,22-25H,4-5,8-15,36H2,1-3H3,(H,37,40). The van der Waals surface area contributed by atoms with Gasteiger partial charge in [0.1, 0.15) is 0 Å². The highest BCUT2D eigenvalue weighted by Crippen LogP contribution is 2.38. The zero-order chi connectivity index (χ0) is 31.3. The van der Waals surface area contributed by atoms with E-state index in [1.54, 1.807) is 18.2 Å². The summed E-state index contributed by atoms with van der Waals surface area (Å²) in [6, 6.07) is 9.97. The predicted molar refractivity (Wildman–Crippen MR) is 166 cm³/mol. The van der Waals surface area contributed by atoms with E-state index in [1.165, 1.54) is 15.9 Å². The van der Waals surface area contributed by atoms with E-state index in [9.17, 15) is 24.0 Å². The molecule has 44 heavy (non-hydrogen) atoms. The van der Waals surface area contributed by atoms with Crippen molar-refractivity contribution in [2.45, 2.75) is 115 Å². The molecule has 6 rings (SSSR count). The Morgan fingerprint density at radius 2 is 1.20 bits per heavy atom. The first kappa shape index (κ1) is 30.2. The number of imide groups is 2. The SMILES string of the molecule is CCC(C)(CC)c1ccc2c(c1)C(=O)N(C1CCC(N3C(=O)c4ccc(C(=O)NC5CCC(N)CC5)cc4C3=O)CC1)C2=O. The molecule has 2 saturated carbocycles. The van der Waals surface area contributed by atoms with E-state index < -0.39 is 5.91 Å². The van der Waals surface area contributed by atoms with Gasteiger partial charge in [-0.05, 0) is 106 Å². The number of nitrogens with zero attached hydrogens (tertiary/aromatic N) is 2.